The van der Waals surface area contributed by atoms with Crippen molar-refractivity contribution in [3.63, 3.8) is 0 Å². The normalized spacial score (nSPS) is 27.0. The van der Waals surface area contributed by atoms with Gasteiger partial charge in [0.25, 0.3) is 0 Å². The highest BCUT2D eigenvalue weighted by Crippen LogP contribution is 2.63. The lowest BCUT2D eigenvalue weighted by Gasteiger charge is -2.40. The number of hydrogen-bond donors (Lipinski definition) is 0. The lowest BCUT2D eigenvalue weighted by atomic mass is 10.2. The van der Waals surface area contributed by atoms with E-state index in [-0.39, 0.29) is 12.1 Å². The van der Waals surface area contributed by atoms with E-state index in [4.69, 9.17) is 0 Å². The van der Waals surface area contributed by atoms with Crippen LogP contribution in [0.2, 0.25) is 0 Å². The predicted octanol–water partition coefficient (Wildman–Crippen LogP) is 4.06. The number of rotatable bonds is 5. The summed E-state index contributed by atoms with van der Waals surface area (Å²) >= 11 is 0. The summed E-state index contributed by atoms with van der Waals surface area (Å²) in [6, 6.07) is 10.7. The molecule has 1 fully saturated rings. The van der Waals surface area contributed by atoms with E-state index in [1.54, 1.807) is 0 Å². The van der Waals surface area contributed by atoms with E-state index in [0.717, 1.165) is 25.3 Å². The van der Waals surface area contributed by atoms with E-state index >= 15 is 0 Å². The molecule has 1 saturated heterocycles. The summed E-state index contributed by atoms with van der Waals surface area (Å²) in [5, 5.41) is 0. The van der Waals surface area contributed by atoms with Crippen LogP contribution in [-0.2, 0) is 4.57 Å². The number of para-hydroxylation sites is 1. The minimum Gasteiger partial charge on any atom is -0.297 e. The first kappa shape index (κ1) is 16.5. The maximum atomic E-state index is 14.1. The van der Waals surface area contributed by atoms with Crippen LogP contribution in [-0.4, -0.2) is 41.1 Å². The molecule has 1 aliphatic heterocycles. The molecule has 0 aliphatic carbocycles. The zero-order valence-electron chi connectivity index (χ0n) is 13.9. The predicted molar refractivity (Wildman–Crippen MR) is 90.8 cm³/mol. The van der Waals surface area contributed by atoms with Gasteiger partial charge in [0, 0.05) is 37.4 Å². The molecule has 118 valence electrons. The zero-order valence-corrected chi connectivity index (χ0v) is 14.8. The van der Waals surface area contributed by atoms with Crippen molar-refractivity contribution < 1.29 is 4.57 Å². The van der Waals surface area contributed by atoms with Gasteiger partial charge in [-0.2, -0.15) is 0 Å². The summed E-state index contributed by atoms with van der Waals surface area (Å²) < 4.78 is 20.5. The molecule has 1 heterocycles. The molecule has 2 rings (SSSR count). The second kappa shape index (κ2) is 6.51. The van der Waals surface area contributed by atoms with Crippen LogP contribution in [0.15, 0.2) is 30.3 Å². The van der Waals surface area contributed by atoms with Crippen LogP contribution in [0.25, 0.3) is 0 Å². The Morgan fingerprint density at radius 1 is 1.24 bits per heavy atom. The molecule has 2 atom stereocenters. The summed E-state index contributed by atoms with van der Waals surface area (Å²) in [7, 11) is -2.73. The highest BCUT2D eigenvalue weighted by Gasteiger charge is 2.51. The van der Waals surface area contributed by atoms with Crippen molar-refractivity contribution in [2.24, 2.45) is 0 Å². The van der Waals surface area contributed by atoms with Crippen LogP contribution in [0.1, 0.15) is 34.6 Å². The van der Waals surface area contributed by atoms with E-state index in [1.807, 2.05) is 18.2 Å². The van der Waals surface area contributed by atoms with Crippen molar-refractivity contribution >= 4 is 13.3 Å². The SMILES string of the molecule is CCN(CC)[P@]1(=O)N(c2ccccc2)C[C@H](C)N1C(C)C. The first-order chi connectivity index (χ1) is 9.96. The third-order valence-electron chi connectivity index (χ3n) is 4.19. The van der Waals surface area contributed by atoms with Crippen LogP contribution >= 0.6 is 7.59 Å². The summed E-state index contributed by atoms with van der Waals surface area (Å²) in [6.45, 7) is 13.1. The van der Waals surface area contributed by atoms with Gasteiger partial charge in [-0.05, 0) is 32.9 Å². The lowest BCUT2D eigenvalue weighted by molar-refractivity contribution is 0.287. The van der Waals surface area contributed by atoms with Gasteiger partial charge in [-0.25, -0.2) is 9.34 Å². The average molecular weight is 309 g/mol. The Hall–Kier alpha value is -0.830. The smallest absolute Gasteiger partial charge is 0.297 e. The average Bonchev–Trinajstić information content (AvgIpc) is 2.73. The van der Waals surface area contributed by atoms with Crippen molar-refractivity contribution in [3.8, 4) is 0 Å². The topological polar surface area (TPSA) is 26.8 Å². The molecule has 0 radical (unpaired) electrons. The Bertz CT molecular complexity index is 502. The second-order valence-corrected chi connectivity index (χ2v) is 8.43. The van der Waals surface area contributed by atoms with Crippen LogP contribution in [0.5, 0.6) is 0 Å². The lowest BCUT2D eigenvalue weighted by Crippen LogP contribution is -2.38. The highest BCUT2D eigenvalue weighted by atomic mass is 31.2. The van der Waals surface area contributed by atoms with Gasteiger partial charge in [-0.1, -0.05) is 32.0 Å². The molecule has 0 bridgehead atoms. The Kier molecular flexibility index (Phi) is 5.13. The van der Waals surface area contributed by atoms with Crippen LogP contribution in [0.3, 0.4) is 0 Å². The molecule has 0 unspecified atom stereocenters. The molecular formula is C16H28N3OP. The molecule has 1 aromatic carbocycles. The van der Waals surface area contributed by atoms with Gasteiger partial charge in [-0.3, -0.25) is 9.24 Å². The number of anilines is 1. The number of hydrogen-bond acceptors (Lipinski definition) is 1. The van der Waals surface area contributed by atoms with Crippen LogP contribution in [0.4, 0.5) is 5.69 Å². The molecule has 0 aromatic heterocycles. The third-order valence-corrected chi connectivity index (χ3v) is 7.97. The monoisotopic (exact) mass is 309 g/mol. The summed E-state index contributed by atoms with van der Waals surface area (Å²) in [6.07, 6.45) is 0. The van der Waals surface area contributed by atoms with E-state index in [0.29, 0.717) is 0 Å². The number of benzene rings is 1. The van der Waals surface area contributed by atoms with E-state index in [1.165, 1.54) is 0 Å². The fourth-order valence-electron chi connectivity index (χ4n) is 3.38. The maximum Gasteiger partial charge on any atom is 0.311 e. The standard InChI is InChI=1S/C16H28N3OP/c1-6-17(7-2)21(20)18(16-11-9-8-10-12-16)13-15(5)19(21)14(3)4/h8-12,14-15H,6-7,13H2,1-5H3/t15-,21-/m0/s1. The van der Waals surface area contributed by atoms with Gasteiger partial charge < -0.3 is 0 Å². The van der Waals surface area contributed by atoms with E-state index < -0.39 is 7.59 Å². The van der Waals surface area contributed by atoms with Crippen molar-refractivity contribution in [2.75, 3.05) is 24.3 Å². The van der Waals surface area contributed by atoms with Crippen molar-refractivity contribution in [3.05, 3.63) is 30.3 Å². The minimum atomic E-state index is -2.73. The first-order valence-electron chi connectivity index (χ1n) is 7.94. The molecule has 0 saturated carbocycles. The van der Waals surface area contributed by atoms with Gasteiger partial charge in [0.1, 0.15) is 0 Å². The summed E-state index contributed by atoms with van der Waals surface area (Å²) in [4.78, 5) is 0. The number of nitrogens with zero attached hydrogens (tertiary/aromatic N) is 3. The zero-order chi connectivity index (χ0) is 15.6. The van der Waals surface area contributed by atoms with Gasteiger partial charge in [0.2, 0.25) is 0 Å². The molecule has 1 aromatic rings. The maximum absolute atomic E-state index is 14.1. The van der Waals surface area contributed by atoms with E-state index in [2.05, 4.69) is 60.8 Å². The highest BCUT2D eigenvalue weighted by molar-refractivity contribution is 7.61. The van der Waals surface area contributed by atoms with Crippen molar-refractivity contribution in [2.45, 2.75) is 46.7 Å². The third kappa shape index (κ3) is 2.77. The van der Waals surface area contributed by atoms with Gasteiger partial charge in [0.15, 0.2) is 0 Å². The van der Waals surface area contributed by atoms with Gasteiger partial charge >= 0.3 is 7.59 Å². The van der Waals surface area contributed by atoms with Crippen molar-refractivity contribution in [1.29, 1.82) is 0 Å². The summed E-state index contributed by atoms with van der Waals surface area (Å²) in [5.41, 5.74) is 1.06. The Balaban J connectivity index is 2.52. The molecule has 0 amide bonds. The molecular weight excluding hydrogens is 281 g/mol. The van der Waals surface area contributed by atoms with Gasteiger partial charge in [0.05, 0.1) is 0 Å². The minimum absolute atomic E-state index is 0.264. The van der Waals surface area contributed by atoms with E-state index in [9.17, 15) is 4.57 Å². The quantitative estimate of drug-likeness (QED) is 0.767. The molecule has 21 heavy (non-hydrogen) atoms. The van der Waals surface area contributed by atoms with Crippen molar-refractivity contribution in [1.82, 2.24) is 9.34 Å². The summed E-state index contributed by atoms with van der Waals surface area (Å²) in [5.74, 6) is 0. The first-order valence-corrected chi connectivity index (χ1v) is 9.50. The fraction of sp³-hybridized carbons (Fsp3) is 0.625. The molecule has 1 aliphatic rings. The molecule has 5 heteroatoms. The van der Waals surface area contributed by atoms with Gasteiger partial charge in [-0.15, -0.1) is 0 Å². The Morgan fingerprint density at radius 2 is 1.81 bits per heavy atom. The fourth-order valence-corrected chi connectivity index (χ4v) is 7.03. The van der Waals surface area contributed by atoms with Crippen LogP contribution < -0.4 is 4.67 Å². The largest absolute Gasteiger partial charge is 0.311 e. The molecule has 0 spiro atoms. The Morgan fingerprint density at radius 3 is 2.29 bits per heavy atom. The van der Waals surface area contributed by atoms with Crippen LogP contribution in [0, 0.1) is 0 Å². The Labute approximate surface area is 129 Å². The molecule has 4 nitrogen and oxygen atoms in total. The second-order valence-electron chi connectivity index (χ2n) is 5.89. The molecule has 0 N–H and O–H groups in total.